The fraction of sp³-hybridized carbons (Fsp3) is 0.105. The van der Waals surface area contributed by atoms with Gasteiger partial charge in [0.2, 0.25) is 5.82 Å². The topological polar surface area (TPSA) is 81.2 Å². The van der Waals surface area contributed by atoms with Gasteiger partial charge in [-0.25, -0.2) is 4.79 Å². The first-order valence-electron chi connectivity index (χ1n) is 7.87. The molecule has 0 saturated heterocycles. The first-order chi connectivity index (χ1) is 12.6. The Morgan fingerprint density at radius 3 is 2.50 bits per heavy atom. The van der Waals surface area contributed by atoms with Gasteiger partial charge in [0.15, 0.2) is 5.78 Å². The van der Waals surface area contributed by atoms with E-state index in [1.165, 1.54) is 0 Å². The van der Waals surface area contributed by atoms with E-state index in [1.54, 1.807) is 48.5 Å². The minimum Gasteiger partial charge on any atom is -0.491 e. The molecular weight excluding hydrogens is 339 g/mol. The molecule has 0 atom stereocenters. The van der Waals surface area contributed by atoms with Crippen LogP contribution in [-0.2, 0) is 6.54 Å². The van der Waals surface area contributed by atoms with Crippen molar-refractivity contribution in [1.82, 2.24) is 9.55 Å². The number of hydrogen-bond acceptors (Lipinski definition) is 4. The van der Waals surface area contributed by atoms with Crippen LogP contribution in [0, 0.1) is 5.82 Å². The third-order valence-corrected chi connectivity index (χ3v) is 3.72. The molecule has 0 radical (unpaired) electrons. The number of nitrogens with one attached hydrogen (secondary N) is 1. The van der Waals surface area contributed by atoms with E-state index in [1.807, 2.05) is 11.1 Å². The van der Waals surface area contributed by atoms with Crippen LogP contribution in [0.25, 0.3) is 0 Å². The van der Waals surface area contributed by atoms with Crippen molar-refractivity contribution in [3.8, 4) is 5.75 Å². The maximum absolute atomic E-state index is 13.3. The van der Waals surface area contributed by atoms with Crippen LogP contribution in [0.1, 0.15) is 15.9 Å². The SMILES string of the molecule is O=C(c1ccccc1)c1ccccc1OCCn1cc(F)c(=O)[nH]c1=O. The van der Waals surface area contributed by atoms with Crippen LogP contribution in [0.5, 0.6) is 5.75 Å². The van der Waals surface area contributed by atoms with E-state index >= 15 is 0 Å². The van der Waals surface area contributed by atoms with Crippen LogP contribution < -0.4 is 16.0 Å². The fourth-order valence-electron chi connectivity index (χ4n) is 2.43. The van der Waals surface area contributed by atoms with Gasteiger partial charge in [-0.3, -0.25) is 19.1 Å². The van der Waals surface area contributed by atoms with Crippen molar-refractivity contribution in [2.24, 2.45) is 0 Å². The minimum absolute atomic E-state index is 0.0143. The lowest BCUT2D eigenvalue weighted by molar-refractivity contribution is 0.103. The number of carbonyl (C=O) groups excluding carboxylic acids is 1. The van der Waals surface area contributed by atoms with E-state index in [9.17, 15) is 18.8 Å². The molecule has 132 valence electrons. The van der Waals surface area contributed by atoms with Crippen molar-refractivity contribution >= 4 is 5.78 Å². The Labute approximate surface area is 147 Å². The first kappa shape index (κ1) is 17.3. The van der Waals surface area contributed by atoms with Crippen molar-refractivity contribution in [3.63, 3.8) is 0 Å². The van der Waals surface area contributed by atoms with E-state index in [2.05, 4.69) is 0 Å². The molecule has 6 nitrogen and oxygen atoms in total. The molecule has 0 spiro atoms. The number of ether oxygens (including phenoxy) is 1. The third kappa shape index (κ3) is 3.77. The largest absolute Gasteiger partial charge is 0.491 e. The summed E-state index contributed by atoms with van der Waals surface area (Å²) in [6.07, 6.45) is 0.825. The van der Waals surface area contributed by atoms with Crippen LogP contribution in [0.2, 0.25) is 0 Å². The van der Waals surface area contributed by atoms with Crippen LogP contribution in [0.3, 0.4) is 0 Å². The van der Waals surface area contributed by atoms with Crippen molar-refractivity contribution in [1.29, 1.82) is 0 Å². The average molecular weight is 354 g/mol. The highest BCUT2D eigenvalue weighted by Gasteiger charge is 2.14. The zero-order chi connectivity index (χ0) is 18.5. The van der Waals surface area contributed by atoms with E-state index in [-0.39, 0.29) is 18.9 Å². The highest BCUT2D eigenvalue weighted by atomic mass is 19.1. The molecule has 1 aromatic heterocycles. The monoisotopic (exact) mass is 354 g/mol. The van der Waals surface area contributed by atoms with Gasteiger partial charge < -0.3 is 4.74 Å². The number of H-pyrrole nitrogens is 1. The number of para-hydroxylation sites is 1. The molecule has 7 heteroatoms. The van der Waals surface area contributed by atoms with Crippen molar-refractivity contribution in [3.05, 3.63) is 98.6 Å². The Balaban J connectivity index is 1.75. The quantitative estimate of drug-likeness (QED) is 0.687. The normalized spacial score (nSPS) is 10.5. The molecule has 3 aromatic rings. The summed E-state index contributed by atoms with van der Waals surface area (Å²) in [7, 11) is 0. The molecule has 0 saturated carbocycles. The van der Waals surface area contributed by atoms with Gasteiger partial charge in [-0.2, -0.15) is 4.39 Å². The summed E-state index contributed by atoms with van der Waals surface area (Å²) in [5.41, 5.74) is -0.874. The predicted octanol–water partition coefficient (Wildman–Crippen LogP) is 1.99. The average Bonchev–Trinajstić information content (AvgIpc) is 2.66. The van der Waals surface area contributed by atoms with Crippen LogP contribution in [0.4, 0.5) is 4.39 Å². The zero-order valence-electron chi connectivity index (χ0n) is 13.6. The molecule has 3 rings (SSSR count). The molecule has 0 bridgehead atoms. The number of benzene rings is 2. The fourth-order valence-corrected chi connectivity index (χ4v) is 2.43. The summed E-state index contributed by atoms with van der Waals surface area (Å²) in [6.45, 7) is 0.0326. The molecular formula is C19H15FN2O4. The standard InChI is InChI=1S/C19H15FN2O4/c20-15-12-22(19(25)21-18(15)24)10-11-26-16-9-5-4-8-14(16)17(23)13-6-2-1-3-7-13/h1-9,12H,10-11H2,(H,21,24,25). The molecule has 1 heterocycles. The molecule has 0 aliphatic heterocycles. The summed E-state index contributed by atoms with van der Waals surface area (Å²) in [4.78, 5) is 37.1. The van der Waals surface area contributed by atoms with E-state index in [0.29, 0.717) is 16.9 Å². The lowest BCUT2D eigenvalue weighted by Gasteiger charge is -2.11. The summed E-state index contributed by atoms with van der Waals surface area (Å²) in [5, 5.41) is 0. The molecule has 0 amide bonds. The molecule has 2 aromatic carbocycles. The Hall–Kier alpha value is -3.48. The highest BCUT2D eigenvalue weighted by molar-refractivity contribution is 6.10. The number of hydrogen-bond donors (Lipinski definition) is 1. The minimum atomic E-state index is -1.06. The summed E-state index contributed by atoms with van der Waals surface area (Å²) < 4.78 is 19.9. The van der Waals surface area contributed by atoms with Gasteiger partial charge in [-0.15, -0.1) is 0 Å². The summed E-state index contributed by atoms with van der Waals surface area (Å²) in [5.74, 6) is -0.878. The van der Waals surface area contributed by atoms with Crippen molar-refractivity contribution in [2.45, 2.75) is 6.54 Å². The third-order valence-electron chi connectivity index (χ3n) is 3.72. The van der Waals surface area contributed by atoms with Crippen molar-refractivity contribution in [2.75, 3.05) is 6.61 Å². The highest BCUT2D eigenvalue weighted by Crippen LogP contribution is 2.21. The number of nitrogens with zero attached hydrogens (tertiary/aromatic N) is 1. The number of aromatic amines is 1. The van der Waals surface area contributed by atoms with Gasteiger partial charge in [0, 0.05) is 5.56 Å². The first-order valence-corrected chi connectivity index (χ1v) is 7.87. The van der Waals surface area contributed by atoms with Gasteiger partial charge >= 0.3 is 5.69 Å². The molecule has 0 aliphatic carbocycles. The lowest BCUT2D eigenvalue weighted by Crippen LogP contribution is -2.32. The van der Waals surface area contributed by atoms with Crippen LogP contribution >= 0.6 is 0 Å². The van der Waals surface area contributed by atoms with E-state index in [0.717, 1.165) is 10.8 Å². The van der Waals surface area contributed by atoms with Crippen LogP contribution in [-0.4, -0.2) is 21.9 Å². The smallest absolute Gasteiger partial charge is 0.328 e. The molecule has 0 unspecified atom stereocenters. The maximum Gasteiger partial charge on any atom is 0.328 e. The van der Waals surface area contributed by atoms with Gasteiger partial charge in [0.05, 0.1) is 18.3 Å². The van der Waals surface area contributed by atoms with Gasteiger partial charge in [0.1, 0.15) is 12.4 Å². The Kier molecular flexibility index (Phi) is 5.07. The number of rotatable bonds is 6. The summed E-state index contributed by atoms with van der Waals surface area (Å²) in [6, 6.07) is 15.5. The van der Waals surface area contributed by atoms with Crippen LogP contribution in [0.15, 0.2) is 70.4 Å². The zero-order valence-corrected chi connectivity index (χ0v) is 13.6. The lowest BCUT2D eigenvalue weighted by atomic mass is 10.0. The van der Waals surface area contributed by atoms with Gasteiger partial charge in [0.25, 0.3) is 5.56 Å². The second-order valence-electron chi connectivity index (χ2n) is 5.47. The Morgan fingerprint density at radius 1 is 1.04 bits per heavy atom. The second-order valence-corrected chi connectivity index (χ2v) is 5.47. The maximum atomic E-state index is 13.3. The predicted molar refractivity (Wildman–Crippen MR) is 93.1 cm³/mol. The Morgan fingerprint density at radius 2 is 1.73 bits per heavy atom. The molecule has 0 fully saturated rings. The second kappa shape index (κ2) is 7.60. The number of halogens is 1. The van der Waals surface area contributed by atoms with Gasteiger partial charge in [-0.1, -0.05) is 42.5 Å². The Bertz CT molecular complexity index is 1040. The number of ketones is 1. The number of aromatic nitrogens is 2. The molecule has 26 heavy (non-hydrogen) atoms. The molecule has 1 N–H and O–H groups in total. The van der Waals surface area contributed by atoms with Gasteiger partial charge in [-0.05, 0) is 12.1 Å². The number of carbonyl (C=O) groups is 1. The summed E-state index contributed by atoms with van der Waals surface area (Å²) >= 11 is 0. The van der Waals surface area contributed by atoms with E-state index < -0.39 is 17.1 Å². The molecule has 0 aliphatic rings. The van der Waals surface area contributed by atoms with Crippen molar-refractivity contribution < 1.29 is 13.9 Å². The van der Waals surface area contributed by atoms with E-state index in [4.69, 9.17) is 4.74 Å².